The van der Waals surface area contributed by atoms with Gasteiger partial charge in [-0.2, -0.15) is 0 Å². The van der Waals surface area contributed by atoms with Crippen molar-refractivity contribution in [1.29, 1.82) is 0 Å². The fourth-order valence-corrected chi connectivity index (χ4v) is 3.89. The number of esters is 1. The Balaban J connectivity index is 1.53. The molecule has 1 heterocycles. The number of anilines is 1. The molecule has 0 aromatic heterocycles. The van der Waals surface area contributed by atoms with Gasteiger partial charge in [0.15, 0.2) is 6.61 Å². The van der Waals surface area contributed by atoms with Gasteiger partial charge < -0.3 is 9.64 Å². The van der Waals surface area contributed by atoms with Crippen molar-refractivity contribution in [3.05, 3.63) is 64.2 Å². The van der Waals surface area contributed by atoms with Crippen LogP contribution in [-0.2, 0) is 20.7 Å². The van der Waals surface area contributed by atoms with E-state index in [1.807, 2.05) is 24.3 Å². The lowest BCUT2D eigenvalue weighted by atomic mass is 10.0. The minimum Gasteiger partial charge on any atom is -0.455 e. The lowest BCUT2D eigenvalue weighted by Gasteiger charge is -2.29. The molecule has 0 saturated carbocycles. The molecule has 2 aromatic carbocycles. The summed E-state index contributed by atoms with van der Waals surface area (Å²) in [6, 6.07) is 13.7. The van der Waals surface area contributed by atoms with Gasteiger partial charge >= 0.3 is 5.97 Å². The topological polar surface area (TPSA) is 89.7 Å². The van der Waals surface area contributed by atoms with Crippen LogP contribution in [0.3, 0.4) is 0 Å². The number of hydrogen-bond acceptors (Lipinski definition) is 6. The van der Waals surface area contributed by atoms with Crippen molar-refractivity contribution in [1.82, 2.24) is 0 Å². The third kappa shape index (κ3) is 4.69. The molecule has 0 unspecified atom stereocenters. The number of ether oxygens (including phenoxy) is 1. The summed E-state index contributed by atoms with van der Waals surface area (Å²) in [5, 5.41) is 10.1. The molecule has 1 aliphatic rings. The van der Waals surface area contributed by atoms with Crippen LogP contribution < -0.4 is 4.90 Å². The molecule has 0 aliphatic carbocycles. The van der Waals surface area contributed by atoms with Gasteiger partial charge in [-0.1, -0.05) is 18.2 Å². The number of nitro groups is 1. The Bertz CT molecular complexity index is 884. The average molecular weight is 400 g/mol. The first-order valence-electron chi connectivity index (χ1n) is 8.91. The number of aryl methyl sites for hydroxylation is 1. The maximum absolute atomic E-state index is 12.5. The Morgan fingerprint density at radius 3 is 2.64 bits per heavy atom. The number of carbonyl (C=O) groups excluding carboxylic acids is 2. The quantitative estimate of drug-likeness (QED) is 0.319. The second kappa shape index (κ2) is 8.88. The molecule has 7 nitrogen and oxygen atoms in total. The Kier molecular flexibility index (Phi) is 6.30. The third-order valence-corrected chi connectivity index (χ3v) is 5.53. The van der Waals surface area contributed by atoms with Crippen LogP contribution in [0.15, 0.2) is 53.4 Å². The van der Waals surface area contributed by atoms with E-state index in [1.54, 1.807) is 24.0 Å². The van der Waals surface area contributed by atoms with Gasteiger partial charge in [0, 0.05) is 29.3 Å². The molecule has 0 N–H and O–H groups in total. The van der Waals surface area contributed by atoms with Crippen molar-refractivity contribution in [2.24, 2.45) is 0 Å². The minimum absolute atomic E-state index is 0.00742. The zero-order valence-electron chi connectivity index (χ0n) is 15.4. The van der Waals surface area contributed by atoms with Crippen LogP contribution in [0.5, 0.6) is 0 Å². The molecule has 0 saturated heterocycles. The van der Waals surface area contributed by atoms with Gasteiger partial charge in [0.2, 0.25) is 0 Å². The number of amides is 1. The van der Waals surface area contributed by atoms with E-state index >= 15 is 0 Å². The van der Waals surface area contributed by atoms with Gasteiger partial charge in [-0.15, -0.1) is 11.8 Å². The predicted octanol–water partition coefficient (Wildman–Crippen LogP) is 3.60. The highest BCUT2D eigenvalue weighted by atomic mass is 32.2. The average Bonchev–Trinajstić information content (AvgIpc) is 2.71. The molecule has 2 aromatic rings. The van der Waals surface area contributed by atoms with E-state index < -0.39 is 16.1 Å². The summed E-state index contributed by atoms with van der Waals surface area (Å²) in [5.74, 6) is -0.741. The zero-order chi connectivity index (χ0) is 20.1. The Morgan fingerprint density at radius 2 is 1.93 bits per heavy atom. The van der Waals surface area contributed by atoms with E-state index in [-0.39, 0.29) is 18.2 Å². The number of nitrogens with zero attached hydrogens (tertiary/aromatic N) is 2. The van der Waals surface area contributed by atoms with Crippen molar-refractivity contribution in [2.45, 2.75) is 29.9 Å². The molecule has 8 heteroatoms. The highest BCUT2D eigenvalue weighted by Crippen LogP contribution is 2.28. The van der Waals surface area contributed by atoms with Gasteiger partial charge in [0.25, 0.3) is 11.6 Å². The van der Waals surface area contributed by atoms with Crippen molar-refractivity contribution in [3.8, 4) is 0 Å². The highest BCUT2D eigenvalue weighted by Gasteiger charge is 2.24. The molecular formula is C20H20N2O5S. The van der Waals surface area contributed by atoms with E-state index in [0.29, 0.717) is 11.4 Å². The van der Waals surface area contributed by atoms with E-state index in [1.165, 1.54) is 23.9 Å². The van der Waals surface area contributed by atoms with E-state index in [2.05, 4.69) is 0 Å². The lowest BCUT2D eigenvalue weighted by molar-refractivity contribution is -0.384. The number of non-ortho nitro benzene ring substituents is 1. The van der Waals surface area contributed by atoms with E-state index in [9.17, 15) is 19.7 Å². The summed E-state index contributed by atoms with van der Waals surface area (Å²) in [6.07, 6.45) is 1.81. The van der Waals surface area contributed by atoms with Crippen LogP contribution in [0.1, 0.15) is 18.9 Å². The molecule has 1 aliphatic heterocycles. The summed E-state index contributed by atoms with van der Waals surface area (Å²) < 4.78 is 5.21. The lowest BCUT2D eigenvalue weighted by Crippen LogP contribution is -2.38. The Morgan fingerprint density at radius 1 is 1.21 bits per heavy atom. The number of fused-ring (bicyclic) bond motifs is 1. The maximum Gasteiger partial charge on any atom is 0.319 e. The standard InChI is InChI=1S/C20H20N2O5S/c1-14(28-17-10-8-16(9-11-17)22(25)26)20(24)27-13-19(23)21-12-4-6-15-5-2-3-7-18(15)21/h2-3,5,7-11,14H,4,6,12-13H2,1H3/t14-/m0/s1. The Labute approximate surface area is 166 Å². The number of para-hydroxylation sites is 1. The second-order valence-electron chi connectivity index (χ2n) is 6.40. The number of rotatable bonds is 6. The third-order valence-electron chi connectivity index (χ3n) is 4.44. The summed E-state index contributed by atoms with van der Waals surface area (Å²) >= 11 is 1.23. The monoisotopic (exact) mass is 400 g/mol. The number of carbonyl (C=O) groups is 2. The molecule has 28 heavy (non-hydrogen) atoms. The van der Waals surface area contributed by atoms with E-state index in [4.69, 9.17) is 4.74 Å². The first kappa shape index (κ1) is 19.9. The fourth-order valence-electron chi connectivity index (χ4n) is 3.02. The van der Waals surface area contributed by atoms with Crippen molar-refractivity contribution < 1.29 is 19.2 Å². The van der Waals surface area contributed by atoms with Crippen molar-refractivity contribution in [3.63, 3.8) is 0 Å². The van der Waals surface area contributed by atoms with Crippen LogP contribution in [0.25, 0.3) is 0 Å². The number of thioether (sulfide) groups is 1. The van der Waals surface area contributed by atoms with Crippen molar-refractivity contribution >= 4 is 35.0 Å². The minimum atomic E-state index is -0.539. The van der Waals surface area contributed by atoms with Gasteiger partial charge in [-0.25, -0.2) is 0 Å². The second-order valence-corrected chi connectivity index (χ2v) is 7.81. The van der Waals surface area contributed by atoms with Crippen LogP contribution in [-0.4, -0.2) is 35.2 Å². The molecule has 1 atom stereocenters. The highest BCUT2D eigenvalue weighted by molar-refractivity contribution is 8.00. The van der Waals surface area contributed by atoms with Crippen LogP contribution in [0.4, 0.5) is 11.4 Å². The predicted molar refractivity (Wildman–Crippen MR) is 106 cm³/mol. The van der Waals surface area contributed by atoms with Gasteiger partial charge in [0.1, 0.15) is 5.25 Å². The van der Waals surface area contributed by atoms with E-state index in [0.717, 1.165) is 24.1 Å². The Hall–Kier alpha value is -2.87. The fraction of sp³-hybridized carbons (Fsp3) is 0.300. The van der Waals surface area contributed by atoms with Gasteiger partial charge in [-0.05, 0) is 43.5 Å². The van der Waals surface area contributed by atoms with Crippen molar-refractivity contribution in [2.75, 3.05) is 18.1 Å². The summed E-state index contributed by atoms with van der Waals surface area (Å²) in [4.78, 5) is 37.4. The summed E-state index contributed by atoms with van der Waals surface area (Å²) in [5.41, 5.74) is 1.99. The van der Waals surface area contributed by atoms with Gasteiger partial charge in [0.05, 0.1) is 4.92 Å². The zero-order valence-corrected chi connectivity index (χ0v) is 16.2. The normalized spacial score (nSPS) is 14.1. The number of benzene rings is 2. The molecule has 3 rings (SSSR count). The molecule has 0 spiro atoms. The SMILES string of the molecule is C[C@H](Sc1ccc([N+](=O)[O-])cc1)C(=O)OCC(=O)N1CCCc2ccccc21. The molecular weight excluding hydrogens is 380 g/mol. The maximum atomic E-state index is 12.5. The summed E-state index contributed by atoms with van der Waals surface area (Å²) in [7, 11) is 0. The number of nitro benzene ring substituents is 1. The smallest absolute Gasteiger partial charge is 0.319 e. The molecule has 0 fully saturated rings. The first-order chi connectivity index (χ1) is 13.5. The molecule has 146 valence electrons. The van der Waals surface area contributed by atoms with Crippen LogP contribution >= 0.6 is 11.8 Å². The molecule has 1 amide bonds. The first-order valence-corrected chi connectivity index (χ1v) is 9.79. The largest absolute Gasteiger partial charge is 0.455 e. The molecule has 0 bridgehead atoms. The summed E-state index contributed by atoms with van der Waals surface area (Å²) in [6.45, 7) is 1.98. The van der Waals surface area contributed by atoms with Crippen LogP contribution in [0, 0.1) is 10.1 Å². The molecule has 0 radical (unpaired) electrons. The van der Waals surface area contributed by atoms with Gasteiger partial charge in [-0.3, -0.25) is 19.7 Å². The number of hydrogen-bond donors (Lipinski definition) is 0. The van der Waals surface area contributed by atoms with Crippen LogP contribution in [0.2, 0.25) is 0 Å².